The van der Waals surface area contributed by atoms with Gasteiger partial charge in [-0.1, -0.05) is 6.07 Å². The van der Waals surface area contributed by atoms with Crippen molar-refractivity contribution in [2.24, 2.45) is 16.6 Å². The third-order valence-corrected chi connectivity index (χ3v) is 5.42. The van der Waals surface area contributed by atoms with E-state index in [1.807, 2.05) is 6.07 Å². The number of amidine groups is 1. The van der Waals surface area contributed by atoms with Crippen molar-refractivity contribution >= 4 is 5.84 Å². The third kappa shape index (κ3) is 1.15. The van der Waals surface area contributed by atoms with Crippen molar-refractivity contribution in [3.63, 3.8) is 0 Å². The summed E-state index contributed by atoms with van der Waals surface area (Å²) in [6, 6.07) is 9.91. The first-order valence-electron chi connectivity index (χ1n) is 7.56. The van der Waals surface area contributed by atoms with E-state index in [2.05, 4.69) is 17.1 Å². The largest absolute Gasteiger partial charge is 0.454 e. The van der Waals surface area contributed by atoms with Gasteiger partial charge in [-0.05, 0) is 17.7 Å². The number of nitrogens with one attached hydrogen (secondary N) is 1. The average Bonchev–Trinajstić information content (AvgIpc) is 2.99. The van der Waals surface area contributed by atoms with Gasteiger partial charge in [0, 0.05) is 5.92 Å². The van der Waals surface area contributed by atoms with E-state index in [-0.39, 0.29) is 12.6 Å². The van der Waals surface area contributed by atoms with E-state index in [9.17, 15) is 10.5 Å². The van der Waals surface area contributed by atoms with Crippen LogP contribution >= 0.6 is 0 Å². The number of nitriles is 2. The van der Waals surface area contributed by atoms with E-state index in [1.54, 1.807) is 12.1 Å². The molecule has 1 saturated heterocycles. The number of ether oxygens (including phenoxy) is 4. The summed E-state index contributed by atoms with van der Waals surface area (Å²) in [4.78, 5) is 2.91. The predicted molar refractivity (Wildman–Crippen MR) is 76.2 cm³/mol. The van der Waals surface area contributed by atoms with Crippen LogP contribution in [0, 0.1) is 33.5 Å². The highest BCUT2D eigenvalue weighted by atomic mass is 16.8. The molecule has 120 valence electrons. The maximum absolute atomic E-state index is 10.0. The molecule has 4 aliphatic rings. The molecule has 0 radical (unpaired) electrons. The second-order valence-electron chi connectivity index (χ2n) is 6.24. The van der Waals surface area contributed by atoms with Crippen molar-refractivity contribution in [3.8, 4) is 23.6 Å². The first-order chi connectivity index (χ1) is 11.6. The molecule has 0 bridgehead atoms. The van der Waals surface area contributed by atoms with Crippen LogP contribution in [0.2, 0.25) is 0 Å². The molecule has 3 aliphatic heterocycles. The van der Waals surface area contributed by atoms with Crippen LogP contribution in [-0.2, 0) is 9.47 Å². The minimum Gasteiger partial charge on any atom is -0.454 e. The van der Waals surface area contributed by atoms with Crippen molar-refractivity contribution in [3.05, 3.63) is 23.8 Å². The van der Waals surface area contributed by atoms with Crippen molar-refractivity contribution in [1.29, 1.82) is 10.5 Å². The number of nitrogens with zero attached hydrogens (tertiary/aromatic N) is 2. The Bertz CT molecular complexity index is 879. The van der Waals surface area contributed by atoms with E-state index in [1.165, 1.54) is 0 Å². The van der Waals surface area contributed by atoms with Gasteiger partial charge in [0.25, 0.3) is 5.84 Å². The highest BCUT2D eigenvalue weighted by molar-refractivity contribution is 5.95. The van der Waals surface area contributed by atoms with E-state index >= 15 is 0 Å². The van der Waals surface area contributed by atoms with Gasteiger partial charge in [-0.2, -0.15) is 10.5 Å². The molecule has 8 nitrogen and oxygen atoms in total. The van der Waals surface area contributed by atoms with Crippen LogP contribution in [0.5, 0.6) is 11.5 Å². The molecule has 2 fully saturated rings. The smallest absolute Gasteiger partial charge is 0.343 e. The SMILES string of the molecule is N#C[C@@]12C(N)=[NH+]C3(OCCO3)[C@]1(C#N)[C@H]2c1ccc2c(c1)OCO2. The third-order valence-electron chi connectivity index (χ3n) is 5.42. The molecule has 0 unspecified atom stereocenters. The normalized spacial score (nSPS) is 36.8. The summed E-state index contributed by atoms with van der Waals surface area (Å²) in [5.74, 6) is -0.431. The van der Waals surface area contributed by atoms with Crippen LogP contribution in [0.25, 0.3) is 0 Å². The quantitative estimate of drug-likeness (QED) is 0.656. The molecule has 24 heavy (non-hydrogen) atoms. The van der Waals surface area contributed by atoms with Crippen molar-refractivity contribution in [1.82, 2.24) is 0 Å². The van der Waals surface area contributed by atoms with Gasteiger partial charge in [-0.15, -0.1) is 0 Å². The van der Waals surface area contributed by atoms with Crippen LogP contribution < -0.4 is 20.2 Å². The molecule has 5 rings (SSSR count). The molecule has 0 aromatic heterocycles. The Morgan fingerprint density at radius 2 is 1.88 bits per heavy atom. The topological polar surface area (TPSA) is 124 Å². The highest BCUT2D eigenvalue weighted by Crippen LogP contribution is 2.79. The van der Waals surface area contributed by atoms with Gasteiger partial charge in [0.05, 0.1) is 25.4 Å². The Labute approximate surface area is 137 Å². The zero-order chi connectivity index (χ0) is 16.6. The van der Waals surface area contributed by atoms with Gasteiger partial charge in [0.2, 0.25) is 6.79 Å². The summed E-state index contributed by atoms with van der Waals surface area (Å²) in [5.41, 5.74) is 4.45. The number of nitrogens with two attached hydrogens (primary N) is 1. The zero-order valence-corrected chi connectivity index (χ0v) is 12.5. The number of hydrogen-bond donors (Lipinski definition) is 2. The molecule has 1 aliphatic carbocycles. The Morgan fingerprint density at radius 3 is 2.58 bits per heavy atom. The van der Waals surface area contributed by atoms with Crippen molar-refractivity contribution in [2.45, 2.75) is 11.8 Å². The summed E-state index contributed by atoms with van der Waals surface area (Å²) < 4.78 is 22.2. The number of rotatable bonds is 1. The molecule has 8 heteroatoms. The van der Waals surface area contributed by atoms with Crippen LogP contribution in [0.15, 0.2) is 18.2 Å². The lowest BCUT2D eigenvalue weighted by Gasteiger charge is -2.23. The molecule has 3 heterocycles. The van der Waals surface area contributed by atoms with Gasteiger partial charge < -0.3 is 18.9 Å². The number of hydrogen-bond acceptors (Lipinski definition) is 7. The van der Waals surface area contributed by atoms with Crippen LogP contribution in [0.4, 0.5) is 0 Å². The van der Waals surface area contributed by atoms with Crippen LogP contribution in [0.1, 0.15) is 11.5 Å². The second-order valence-corrected chi connectivity index (χ2v) is 6.24. The van der Waals surface area contributed by atoms with E-state index in [4.69, 9.17) is 24.7 Å². The second kappa shape index (κ2) is 3.99. The molecule has 1 saturated carbocycles. The Balaban J connectivity index is 1.70. The van der Waals surface area contributed by atoms with Gasteiger partial charge >= 0.3 is 5.91 Å². The molecular weight excluding hydrogens is 312 g/mol. The summed E-state index contributed by atoms with van der Waals surface area (Å²) in [5, 5.41) is 19.9. The van der Waals surface area contributed by atoms with Crippen molar-refractivity contribution in [2.75, 3.05) is 20.0 Å². The summed E-state index contributed by atoms with van der Waals surface area (Å²) in [6.07, 6.45) is 0. The number of fused-ring (bicyclic) bond motifs is 3. The fraction of sp³-hybridized carbons (Fsp3) is 0.438. The van der Waals surface area contributed by atoms with E-state index < -0.39 is 22.7 Å². The maximum atomic E-state index is 10.0. The average molecular weight is 325 g/mol. The molecule has 1 aromatic carbocycles. The molecule has 0 amide bonds. The highest BCUT2D eigenvalue weighted by Gasteiger charge is 2.97. The Morgan fingerprint density at radius 1 is 1.12 bits per heavy atom. The molecule has 3 atom stereocenters. The number of benzene rings is 1. The monoisotopic (exact) mass is 325 g/mol. The predicted octanol–water partition coefficient (Wildman–Crippen LogP) is -1.32. The Kier molecular flexibility index (Phi) is 2.26. The lowest BCUT2D eigenvalue weighted by atomic mass is 9.94. The fourth-order valence-electron chi connectivity index (χ4n) is 4.41. The van der Waals surface area contributed by atoms with Crippen LogP contribution in [-0.4, -0.2) is 31.8 Å². The standard InChI is InChI=1S/C16H12N4O4/c17-6-14-12(9-1-2-10-11(5-9)22-8-21-10)15(14,7-18)16(20-13(14)19)23-3-4-24-16/h1-2,5,12H,3-4,8H2,(H2,19,20)/p+1/t12-,14+,15+/m0/s1. The summed E-state index contributed by atoms with van der Waals surface area (Å²) in [6.45, 7) is 0.820. The minimum absolute atomic E-state index is 0.155. The lowest BCUT2D eigenvalue weighted by molar-refractivity contribution is -0.676. The van der Waals surface area contributed by atoms with E-state index in [0.717, 1.165) is 5.56 Å². The molecular formula is C16H13N4O4+. The fourth-order valence-corrected chi connectivity index (χ4v) is 4.41. The maximum Gasteiger partial charge on any atom is 0.343 e. The summed E-state index contributed by atoms with van der Waals surface area (Å²) in [7, 11) is 0. The van der Waals surface area contributed by atoms with Gasteiger partial charge in [-0.3, -0.25) is 5.73 Å². The van der Waals surface area contributed by atoms with Crippen molar-refractivity contribution < 1.29 is 23.9 Å². The molecule has 3 N–H and O–H groups in total. The lowest BCUT2D eigenvalue weighted by Crippen LogP contribution is -2.89. The summed E-state index contributed by atoms with van der Waals surface area (Å²) >= 11 is 0. The molecule has 1 aromatic rings. The first-order valence-corrected chi connectivity index (χ1v) is 7.56. The first kappa shape index (κ1) is 13.6. The Hall–Kier alpha value is -2.81. The van der Waals surface area contributed by atoms with Gasteiger partial charge in [0.15, 0.2) is 22.3 Å². The molecule has 1 spiro atoms. The zero-order valence-electron chi connectivity index (χ0n) is 12.5. The van der Waals surface area contributed by atoms with Gasteiger partial charge in [0.1, 0.15) is 0 Å². The van der Waals surface area contributed by atoms with Gasteiger partial charge in [-0.25, -0.2) is 4.99 Å². The minimum atomic E-state index is -1.39. The van der Waals surface area contributed by atoms with E-state index in [0.29, 0.717) is 24.7 Å². The van der Waals surface area contributed by atoms with Crippen LogP contribution in [0.3, 0.4) is 0 Å².